The van der Waals surface area contributed by atoms with E-state index in [1.165, 1.54) is 368 Å². The fraction of sp³-hybridized carbons (Fsp3) is 0.328. The van der Waals surface area contributed by atoms with Crippen LogP contribution in [0.15, 0.2) is 279 Å². The van der Waals surface area contributed by atoms with Gasteiger partial charge in [0, 0.05) is 21.7 Å². The Morgan fingerprint density at radius 1 is 0.156 bits per heavy atom. The van der Waals surface area contributed by atoms with E-state index in [2.05, 4.69) is 334 Å². The van der Waals surface area contributed by atoms with Crippen molar-refractivity contribution in [1.82, 2.24) is 0 Å². The van der Waals surface area contributed by atoms with Crippen LogP contribution in [0.2, 0.25) is 0 Å². The Balaban J connectivity index is 0.720. The van der Waals surface area contributed by atoms with Gasteiger partial charge in [0.15, 0.2) is 0 Å². The zero-order chi connectivity index (χ0) is 86.4. The molecule has 23 rings (SSSR count). The van der Waals surface area contributed by atoms with Crippen molar-refractivity contribution < 1.29 is 0 Å². The highest BCUT2D eigenvalue weighted by Crippen LogP contribution is 2.70. The fourth-order valence-electron chi connectivity index (χ4n) is 28.0. The Hall–Kier alpha value is -11.2. The first kappa shape index (κ1) is 81.3. The molecular formula is C128H126. The van der Waals surface area contributed by atoms with Crippen LogP contribution in [-0.2, 0) is 32.5 Å². The third-order valence-electron chi connectivity index (χ3n) is 33.9. The first-order chi connectivity index (χ1) is 62.9. The first-order valence-corrected chi connectivity index (χ1v) is 50.5. The fourth-order valence-corrected chi connectivity index (χ4v) is 28.0. The maximum atomic E-state index is 2.97. The van der Waals surface area contributed by atoms with E-state index < -0.39 is 10.8 Å². The van der Waals surface area contributed by atoms with Crippen LogP contribution < -0.4 is 0 Å². The molecule has 8 aliphatic carbocycles. The Morgan fingerprint density at radius 2 is 0.383 bits per heavy atom. The van der Waals surface area contributed by atoms with Crippen molar-refractivity contribution in [3.05, 3.63) is 368 Å². The van der Waals surface area contributed by atoms with Crippen molar-refractivity contribution in [2.45, 2.75) is 268 Å². The second-order valence-electron chi connectivity index (χ2n) is 41.3. The standard InChI is InChI=1S/C128H126/c1-9-13-17-21-25-45-71-125(72-46-26-22-18-14-10-2)113-79-100-98-78-112-102(122-90-58-32-30-52-84(90)96(76-118(122)124(112,7)8)92-62-50-70-110-120(92)94-60-38-44-68-108(94)128(110)105-65-41-35-55-87(105)88-56-36-42-66-106(88)128)82-116(98)126(73-47-27-23-19-15-11-3,74-48-28-24-20-16-12-4)114(100)80-99(113)97-77-111-101(81-115(97)125)121-89-57-31-29-51-83(89)95(75-117(121)123(111,5)6)91-61-49-69-109-119(91)93-59-37-43-67-107(93)127(109)103-63-39-33-53-85(103)86-54-34-40-64-104(86)127/h29-44,49-70,75-82H,9-28,45-48,71-74H2,1-8H3. The molecule has 0 N–H and O–H groups in total. The summed E-state index contributed by atoms with van der Waals surface area (Å²) in [6.45, 7) is 20.0. The summed E-state index contributed by atoms with van der Waals surface area (Å²) in [5.74, 6) is 0. The molecule has 0 heterocycles. The highest BCUT2D eigenvalue weighted by molar-refractivity contribution is 6.15. The summed E-state index contributed by atoms with van der Waals surface area (Å²) in [6.07, 6.45) is 35.6. The van der Waals surface area contributed by atoms with E-state index in [0.717, 1.165) is 0 Å². The summed E-state index contributed by atoms with van der Waals surface area (Å²) in [6, 6.07) is 113. The van der Waals surface area contributed by atoms with Crippen molar-refractivity contribution in [1.29, 1.82) is 0 Å². The molecule has 0 saturated heterocycles. The highest BCUT2D eigenvalue weighted by Gasteiger charge is 2.57. The summed E-state index contributed by atoms with van der Waals surface area (Å²) < 4.78 is 0. The number of hydrogen-bond acceptors (Lipinski definition) is 0. The van der Waals surface area contributed by atoms with Gasteiger partial charge in [0.05, 0.1) is 10.8 Å². The van der Waals surface area contributed by atoms with Crippen molar-refractivity contribution in [2.24, 2.45) is 0 Å². The van der Waals surface area contributed by atoms with Crippen LogP contribution in [0.1, 0.15) is 324 Å². The average Bonchev–Trinajstić information content (AvgIpc) is 1.51. The molecule has 0 aromatic heterocycles. The molecule has 0 bridgehead atoms. The van der Waals surface area contributed by atoms with Gasteiger partial charge in [-0.15, -0.1) is 0 Å². The van der Waals surface area contributed by atoms with Gasteiger partial charge in [0.25, 0.3) is 0 Å². The van der Waals surface area contributed by atoms with E-state index in [1.807, 2.05) is 0 Å². The van der Waals surface area contributed by atoms with Gasteiger partial charge in [-0.3, -0.25) is 0 Å². The van der Waals surface area contributed by atoms with Crippen LogP contribution in [0, 0.1) is 0 Å². The van der Waals surface area contributed by atoms with Gasteiger partial charge in [-0.1, -0.05) is 440 Å². The zero-order valence-electron chi connectivity index (χ0n) is 77.4. The van der Waals surface area contributed by atoms with Gasteiger partial charge >= 0.3 is 0 Å². The summed E-state index contributed by atoms with van der Waals surface area (Å²) in [5.41, 5.74) is 50.1. The van der Waals surface area contributed by atoms with E-state index >= 15 is 0 Å². The predicted octanol–water partition coefficient (Wildman–Crippen LogP) is 36.2. The summed E-state index contributed by atoms with van der Waals surface area (Å²) in [4.78, 5) is 0. The molecule has 15 aromatic rings. The van der Waals surface area contributed by atoms with E-state index in [-0.39, 0.29) is 21.7 Å². The van der Waals surface area contributed by atoms with Gasteiger partial charge in [0.1, 0.15) is 0 Å². The van der Waals surface area contributed by atoms with E-state index in [4.69, 9.17) is 0 Å². The first-order valence-electron chi connectivity index (χ1n) is 50.5. The lowest BCUT2D eigenvalue weighted by Crippen LogP contribution is -2.27. The maximum Gasteiger partial charge on any atom is 0.0725 e. The molecule has 128 heavy (non-hydrogen) atoms. The number of rotatable bonds is 30. The number of fused-ring (bicyclic) bond motifs is 36. The summed E-state index contributed by atoms with van der Waals surface area (Å²) >= 11 is 0. The van der Waals surface area contributed by atoms with Gasteiger partial charge in [0.2, 0.25) is 0 Å². The number of unbranched alkanes of at least 4 members (excludes halogenated alkanes) is 20. The molecule has 0 fully saturated rings. The Morgan fingerprint density at radius 3 is 0.695 bits per heavy atom. The molecule has 8 aliphatic rings. The second kappa shape index (κ2) is 31.9. The molecular weight excluding hydrogens is 1540 g/mol. The lowest BCUT2D eigenvalue weighted by atomic mass is 9.68. The van der Waals surface area contributed by atoms with Gasteiger partial charge in [-0.05, 0) is 296 Å². The van der Waals surface area contributed by atoms with Gasteiger partial charge in [-0.25, -0.2) is 0 Å². The lowest BCUT2D eigenvalue weighted by molar-refractivity contribution is 0.394. The molecule has 0 aliphatic heterocycles. The van der Waals surface area contributed by atoms with Crippen LogP contribution in [-0.4, -0.2) is 0 Å². The normalized spacial score (nSPS) is 15.8. The minimum atomic E-state index is -0.427. The molecule has 638 valence electrons. The quantitative estimate of drug-likeness (QED) is 0.0394. The van der Waals surface area contributed by atoms with Crippen LogP contribution in [0.4, 0.5) is 0 Å². The van der Waals surface area contributed by atoms with Crippen molar-refractivity contribution in [3.8, 4) is 111 Å². The van der Waals surface area contributed by atoms with Crippen molar-refractivity contribution in [3.63, 3.8) is 0 Å². The highest BCUT2D eigenvalue weighted by atomic mass is 14.6. The average molecular weight is 1660 g/mol. The van der Waals surface area contributed by atoms with Crippen LogP contribution in [0.3, 0.4) is 0 Å². The molecule has 0 amide bonds. The van der Waals surface area contributed by atoms with Gasteiger partial charge in [-0.2, -0.15) is 0 Å². The zero-order valence-corrected chi connectivity index (χ0v) is 77.4. The molecule has 0 radical (unpaired) electrons. The summed E-state index contributed by atoms with van der Waals surface area (Å²) in [5, 5.41) is 5.45. The molecule has 0 atom stereocenters. The lowest BCUT2D eigenvalue weighted by Gasteiger charge is -2.35. The maximum absolute atomic E-state index is 2.97. The third-order valence-corrected chi connectivity index (χ3v) is 33.9. The Kier molecular flexibility index (Phi) is 20.3. The molecule has 0 nitrogen and oxygen atoms in total. The summed E-state index contributed by atoms with van der Waals surface area (Å²) in [7, 11) is 0. The van der Waals surface area contributed by atoms with E-state index in [9.17, 15) is 0 Å². The molecule has 0 saturated carbocycles. The van der Waals surface area contributed by atoms with Crippen molar-refractivity contribution >= 4 is 21.5 Å². The van der Waals surface area contributed by atoms with E-state index in [0.29, 0.717) is 0 Å². The monoisotopic (exact) mass is 1660 g/mol. The van der Waals surface area contributed by atoms with E-state index in [1.54, 1.807) is 33.4 Å². The van der Waals surface area contributed by atoms with Crippen molar-refractivity contribution in [2.75, 3.05) is 0 Å². The molecule has 0 heteroatoms. The number of benzene rings is 15. The Labute approximate surface area is 763 Å². The molecule has 0 unspecified atom stereocenters. The van der Waals surface area contributed by atoms with Crippen LogP contribution >= 0.6 is 0 Å². The SMILES string of the molecule is CCCCCCCCC1(CCCCCCCC)c2cc3c(cc2-c2cc4c(cc21)-c1cc2c(cc1C4(CCCCCCCC)CCCCCCCC)-c1c(cc(-c4cccc5c4-c4ccccc4C54c5ccccc5-c5ccccc54)c4ccccc14)C2(C)C)C(C)(C)c1cc(-c2cccc4c2-c2ccccc2C42c4ccccc4-c4ccccc42)c2ccccc2c1-3. The minimum Gasteiger partial charge on any atom is -0.0654 e. The Bertz CT molecular complexity index is 6430. The van der Waals surface area contributed by atoms with Crippen LogP contribution in [0.25, 0.3) is 133 Å². The second-order valence-corrected chi connectivity index (χ2v) is 41.3. The number of hydrogen-bond donors (Lipinski definition) is 0. The molecule has 2 spiro atoms. The predicted molar refractivity (Wildman–Crippen MR) is 544 cm³/mol. The minimum absolute atomic E-state index is 0.174. The van der Waals surface area contributed by atoms with Crippen LogP contribution in [0.5, 0.6) is 0 Å². The molecule has 15 aromatic carbocycles. The largest absolute Gasteiger partial charge is 0.0725 e. The van der Waals surface area contributed by atoms with Gasteiger partial charge < -0.3 is 0 Å². The third kappa shape index (κ3) is 11.7. The smallest absolute Gasteiger partial charge is 0.0654 e. The topological polar surface area (TPSA) is 0 Å².